The van der Waals surface area contributed by atoms with Crippen LogP contribution in [0.5, 0.6) is 5.75 Å². The number of aromatic hydroxyl groups is 1. The number of aliphatic carboxylic acids is 4. The molecule has 33 heteroatoms. The minimum atomic E-state index is -5.08. The fourth-order valence-electron chi connectivity index (χ4n) is 4.24. The molecule has 0 bridgehead atoms. The summed E-state index contributed by atoms with van der Waals surface area (Å²) in [4.78, 5) is 76.4. The highest BCUT2D eigenvalue weighted by atomic mass is 19.4. The SMILES string of the molecule is CCCC(=O)N[C@@H](Cc1ccc(O)cc1)C(=O)NCCCNCCCCNCCCNC(=O)[C@@H](N)CCCCN=C(N)N.O=C(O)C(F)(F)F.O=C(O)C(F)(F)F.O=C(O)C(F)(F)F.O=C(O)C(F)(F)F. The molecule has 71 heavy (non-hydrogen) atoms. The Labute approximate surface area is 397 Å². The molecule has 0 radical (unpaired) electrons. The lowest BCUT2D eigenvalue weighted by atomic mass is 10.0. The number of phenolic OH excluding ortho intramolecular Hbond substituents is 1. The second kappa shape index (κ2) is 38.4. The van der Waals surface area contributed by atoms with E-state index in [1.54, 1.807) is 24.3 Å². The number of carbonyl (C=O) groups excluding carboxylic acids is 3. The lowest BCUT2D eigenvalue weighted by molar-refractivity contribution is -0.193. The van der Waals surface area contributed by atoms with Gasteiger partial charge in [0.05, 0.1) is 6.04 Å². The topological polar surface area (TPSA) is 371 Å². The zero-order valence-corrected chi connectivity index (χ0v) is 37.8. The minimum absolute atomic E-state index is 0.0766. The Morgan fingerprint density at radius 3 is 1.30 bits per heavy atom. The zero-order valence-electron chi connectivity index (χ0n) is 37.8. The maximum Gasteiger partial charge on any atom is 0.490 e. The number of phenols is 1. The number of nitrogens with one attached hydrogen (secondary N) is 5. The van der Waals surface area contributed by atoms with Crippen molar-refractivity contribution in [2.45, 2.75) is 108 Å². The van der Waals surface area contributed by atoms with Crippen LogP contribution < -0.4 is 43.8 Å². The highest BCUT2D eigenvalue weighted by Gasteiger charge is 2.40. The van der Waals surface area contributed by atoms with Crippen molar-refractivity contribution in [3.63, 3.8) is 0 Å². The van der Waals surface area contributed by atoms with Crippen LogP contribution in [0.15, 0.2) is 29.3 Å². The Hall–Kier alpha value is -6.38. The van der Waals surface area contributed by atoms with E-state index in [2.05, 4.69) is 31.6 Å². The van der Waals surface area contributed by atoms with Gasteiger partial charge in [-0.3, -0.25) is 19.4 Å². The number of guanidine groups is 1. The molecule has 0 aliphatic heterocycles. The molecule has 0 spiro atoms. The van der Waals surface area contributed by atoms with Crippen LogP contribution >= 0.6 is 0 Å². The first-order chi connectivity index (χ1) is 32.5. The molecule has 16 N–H and O–H groups in total. The van der Waals surface area contributed by atoms with Gasteiger partial charge in [-0.2, -0.15) is 52.7 Å². The third-order valence-electron chi connectivity index (χ3n) is 7.65. The predicted molar refractivity (Wildman–Crippen MR) is 226 cm³/mol. The summed E-state index contributed by atoms with van der Waals surface area (Å²) in [7, 11) is 0. The first kappa shape index (κ1) is 71.2. The Balaban J connectivity index is -0.000000640. The largest absolute Gasteiger partial charge is 0.508 e. The number of carboxylic acid groups (broad SMARTS) is 4. The molecule has 0 aromatic heterocycles. The summed E-state index contributed by atoms with van der Waals surface area (Å²) in [5.41, 5.74) is 17.3. The number of alkyl halides is 12. The van der Waals surface area contributed by atoms with Gasteiger partial charge in [0.25, 0.3) is 0 Å². The number of aliphatic imine (C=N–C) groups is 1. The zero-order chi connectivity index (χ0) is 56.0. The Kier molecular flexibility index (Phi) is 38.5. The van der Waals surface area contributed by atoms with Gasteiger partial charge in [0.1, 0.15) is 11.8 Å². The number of unbranched alkanes of at least 4 members (excludes halogenated alkanes) is 2. The lowest BCUT2D eigenvalue weighted by Crippen LogP contribution is -2.48. The summed E-state index contributed by atoms with van der Waals surface area (Å²) in [6.45, 7) is 7.00. The van der Waals surface area contributed by atoms with Crippen LogP contribution in [-0.4, -0.2) is 156 Å². The van der Waals surface area contributed by atoms with Crippen molar-refractivity contribution in [2.24, 2.45) is 22.2 Å². The monoisotopic (exact) mass is 1060 g/mol. The van der Waals surface area contributed by atoms with E-state index >= 15 is 0 Å². The first-order valence-corrected chi connectivity index (χ1v) is 20.6. The number of halogens is 12. The average molecular weight is 1060 g/mol. The predicted octanol–water partition coefficient (Wildman–Crippen LogP) is 2.50. The second-order valence-electron chi connectivity index (χ2n) is 13.9. The summed E-state index contributed by atoms with van der Waals surface area (Å²) in [6, 6.07) is 5.48. The Bertz CT molecular complexity index is 1640. The number of benzene rings is 1. The maximum atomic E-state index is 12.8. The molecule has 0 heterocycles. The molecule has 0 aliphatic carbocycles. The van der Waals surface area contributed by atoms with E-state index in [0.717, 1.165) is 70.3 Å². The smallest absolute Gasteiger partial charge is 0.490 e. The van der Waals surface area contributed by atoms with Crippen molar-refractivity contribution >= 4 is 47.6 Å². The Morgan fingerprint density at radius 2 is 0.944 bits per heavy atom. The van der Waals surface area contributed by atoms with E-state index in [9.17, 15) is 72.2 Å². The standard InChI is InChI=1S/C30H55N9O4.4C2HF3O2/c1-2-9-27(41)39-26(22-23-11-13-24(40)14-12-23)29(43)37-21-8-18-35-16-6-5-15-34-17-7-20-36-28(42)25(31)10-3-4-19-38-30(32)33;4*3-2(4,5)1(6)7/h11-14,25-26,34-35,40H,2-10,15-22,31H2,1H3,(H,36,42)(H,37,43)(H,39,41)(H4,32,33,38);4*(H,6,7)/t25-,26-;;;;/m0..../s1. The van der Waals surface area contributed by atoms with Crippen molar-refractivity contribution in [1.82, 2.24) is 26.6 Å². The van der Waals surface area contributed by atoms with E-state index < -0.39 is 60.7 Å². The van der Waals surface area contributed by atoms with Crippen LogP contribution in [0.4, 0.5) is 52.7 Å². The molecule has 2 atom stereocenters. The van der Waals surface area contributed by atoms with E-state index in [1.807, 2.05) is 6.92 Å². The highest BCUT2D eigenvalue weighted by Crippen LogP contribution is 2.15. The summed E-state index contributed by atoms with van der Waals surface area (Å²) in [5.74, 6) is -11.3. The third-order valence-corrected chi connectivity index (χ3v) is 7.65. The minimum Gasteiger partial charge on any atom is -0.508 e. The van der Waals surface area contributed by atoms with E-state index in [0.29, 0.717) is 45.3 Å². The van der Waals surface area contributed by atoms with E-state index in [1.165, 1.54) is 0 Å². The van der Waals surface area contributed by atoms with Gasteiger partial charge in [0, 0.05) is 32.5 Å². The lowest BCUT2D eigenvalue weighted by Gasteiger charge is -2.19. The van der Waals surface area contributed by atoms with Crippen LogP contribution in [0, 0.1) is 0 Å². The highest BCUT2D eigenvalue weighted by molar-refractivity contribution is 5.88. The summed E-state index contributed by atoms with van der Waals surface area (Å²) < 4.78 is 127. The van der Waals surface area contributed by atoms with Gasteiger partial charge in [-0.25, -0.2) is 19.2 Å². The van der Waals surface area contributed by atoms with Crippen molar-refractivity contribution < 1.29 is 112 Å². The van der Waals surface area contributed by atoms with Crippen LogP contribution in [0.25, 0.3) is 0 Å². The number of hydrogen-bond acceptors (Lipinski definition) is 12. The van der Waals surface area contributed by atoms with Gasteiger partial charge in [-0.1, -0.05) is 19.1 Å². The number of carbonyl (C=O) groups is 7. The molecule has 0 aliphatic rings. The van der Waals surface area contributed by atoms with Crippen LogP contribution in [0.2, 0.25) is 0 Å². The molecule has 1 aromatic carbocycles. The Morgan fingerprint density at radius 1 is 0.577 bits per heavy atom. The molecule has 3 amide bonds. The van der Waals surface area contributed by atoms with Crippen LogP contribution in [0.3, 0.4) is 0 Å². The number of carboxylic acids is 4. The fourth-order valence-corrected chi connectivity index (χ4v) is 4.24. The number of rotatable bonds is 25. The van der Waals surface area contributed by atoms with Crippen LogP contribution in [0.1, 0.15) is 70.3 Å². The summed E-state index contributed by atoms with van der Waals surface area (Å²) >= 11 is 0. The maximum absolute atomic E-state index is 12.8. The molecule has 0 saturated carbocycles. The summed E-state index contributed by atoms with van der Waals surface area (Å²) in [6.07, 6.45) is -13.0. The summed E-state index contributed by atoms with van der Waals surface area (Å²) in [5, 5.41) is 53.4. The number of nitrogens with zero attached hydrogens (tertiary/aromatic N) is 1. The second-order valence-corrected chi connectivity index (χ2v) is 13.9. The third kappa shape index (κ3) is 47.1. The van der Waals surface area contributed by atoms with Gasteiger partial charge < -0.3 is 69.3 Å². The molecule has 0 fully saturated rings. The van der Waals surface area contributed by atoms with Gasteiger partial charge >= 0.3 is 48.6 Å². The quantitative estimate of drug-likeness (QED) is 0.0289. The fraction of sp³-hybridized carbons (Fsp3) is 0.632. The van der Waals surface area contributed by atoms with E-state index in [4.69, 9.17) is 56.8 Å². The number of nitrogens with two attached hydrogens (primary N) is 3. The van der Waals surface area contributed by atoms with Crippen molar-refractivity contribution in [3.05, 3.63) is 29.8 Å². The first-order valence-electron chi connectivity index (χ1n) is 20.6. The van der Waals surface area contributed by atoms with Gasteiger partial charge in [0.15, 0.2) is 5.96 Å². The van der Waals surface area contributed by atoms with Gasteiger partial charge in [-0.05, 0) is 95.2 Å². The molecule has 0 saturated heterocycles. The average Bonchev–Trinajstić information content (AvgIpc) is 3.23. The molecule has 0 unspecified atom stereocenters. The number of hydrogen-bond donors (Lipinski definition) is 13. The van der Waals surface area contributed by atoms with Crippen molar-refractivity contribution in [2.75, 3.05) is 45.8 Å². The van der Waals surface area contributed by atoms with Crippen molar-refractivity contribution in [1.29, 1.82) is 0 Å². The molecule has 1 rings (SSSR count). The molecular weight excluding hydrogens is 1000 g/mol. The molecular formula is C38H59F12N9O12. The molecule has 412 valence electrons. The van der Waals surface area contributed by atoms with Gasteiger partial charge in [0.2, 0.25) is 17.7 Å². The van der Waals surface area contributed by atoms with Gasteiger partial charge in [-0.15, -0.1) is 0 Å². The van der Waals surface area contributed by atoms with Crippen LogP contribution in [-0.2, 0) is 40.0 Å². The number of amides is 3. The molecule has 21 nitrogen and oxygen atoms in total. The molecule has 1 aromatic rings. The van der Waals surface area contributed by atoms with E-state index in [-0.39, 0.29) is 29.4 Å². The normalized spacial score (nSPS) is 11.9. The van der Waals surface area contributed by atoms with Crippen molar-refractivity contribution in [3.8, 4) is 5.75 Å².